The van der Waals surface area contributed by atoms with Crippen molar-refractivity contribution in [1.29, 1.82) is 0 Å². The van der Waals surface area contributed by atoms with E-state index in [1.807, 2.05) is 0 Å². The van der Waals surface area contributed by atoms with Gasteiger partial charge in [0.25, 0.3) is 5.91 Å². The Morgan fingerprint density at radius 2 is 1.77 bits per heavy atom. The first-order chi connectivity index (χ1) is 16.4. The molecule has 2 heterocycles. The number of hydrogen-bond acceptors (Lipinski definition) is 7. The molecule has 1 atom stereocenters. The Balaban J connectivity index is 1.55. The summed E-state index contributed by atoms with van der Waals surface area (Å²) in [7, 11) is 0. The van der Waals surface area contributed by atoms with Gasteiger partial charge in [0.15, 0.2) is 6.04 Å². The van der Waals surface area contributed by atoms with Gasteiger partial charge in [-0.05, 0) is 45.7 Å². The summed E-state index contributed by atoms with van der Waals surface area (Å²) >= 11 is 0. The van der Waals surface area contributed by atoms with Gasteiger partial charge in [-0.3, -0.25) is 9.59 Å². The SMILES string of the molecule is CC(C)(C)OC(=O)C(N)C(=O)N1CCN(c2cc3c(cc2F)c(=O)c(C(=O)O)cn3C2CC2)CC1. The quantitative estimate of drug-likeness (QED) is 0.477. The zero-order valence-corrected chi connectivity index (χ0v) is 19.9. The number of halogens is 1. The number of fused-ring (bicyclic) bond motifs is 1. The number of anilines is 1. The van der Waals surface area contributed by atoms with Crippen LogP contribution in [0.2, 0.25) is 0 Å². The van der Waals surface area contributed by atoms with E-state index in [0.717, 1.165) is 18.9 Å². The highest BCUT2D eigenvalue weighted by Crippen LogP contribution is 2.38. The summed E-state index contributed by atoms with van der Waals surface area (Å²) in [4.78, 5) is 52.2. The third kappa shape index (κ3) is 5.00. The van der Waals surface area contributed by atoms with Crippen molar-refractivity contribution in [1.82, 2.24) is 9.47 Å². The maximum Gasteiger partial charge on any atom is 0.341 e. The molecule has 1 saturated carbocycles. The van der Waals surface area contributed by atoms with E-state index in [0.29, 0.717) is 5.52 Å². The first-order valence-electron chi connectivity index (χ1n) is 11.5. The first-order valence-corrected chi connectivity index (χ1v) is 11.5. The van der Waals surface area contributed by atoms with Crippen LogP contribution in [0.4, 0.5) is 10.1 Å². The van der Waals surface area contributed by atoms with Crippen LogP contribution in [0.3, 0.4) is 0 Å². The fraction of sp³-hybridized carbons (Fsp3) is 0.500. The Labute approximate surface area is 201 Å². The van der Waals surface area contributed by atoms with Crippen molar-refractivity contribution in [3.05, 3.63) is 39.9 Å². The Morgan fingerprint density at radius 1 is 1.14 bits per heavy atom. The zero-order valence-electron chi connectivity index (χ0n) is 19.9. The standard InChI is InChI=1S/C24H29FN4O6/c1-24(2,3)35-23(34)19(26)21(31)28-8-6-27(7-9-28)18-11-17-14(10-16(18)25)20(30)15(22(32)33)12-29(17)13-4-5-13/h10-13,19H,4-9,26H2,1-3H3,(H,32,33). The van der Waals surface area contributed by atoms with Crippen LogP contribution >= 0.6 is 0 Å². The largest absolute Gasteiger partial charge is 0.477 e. The van der Waals surface area contributed by atoms with Crippen LogP contribution in [-0.2, 0) is 14.3 Å². The molecule has 0 bridgehead atoms. The van der Waals surface area contributed by atoms with E-state index < -0.39 is 40.7 Å². The molecule has 10 nitrogen and oxygen atoms in total. The number of carbonyl (C=O) groups is 3. The second-order valence-corrected chi connectivity index (χ2v) is 9.96. The molecule has 0 spiro atoms. The number of amides is 1. The third-order valence-electron chi connectivity index (χ3n) is 6.13. The van der Waals surface area contributed by atoms with Gasteiger partial charge in [-0.25, -0.2) is 14.0 Å². The van der Waals surface area contributed by atoms with Gasteiger partial charge in [0.05, 0.1) is 11.2 Å². The zero-order chi connectivity index (χ0) is 25.7. The number of nitrogens with two attached hydrogens (primary N) is 1. The van der Waals surface area contributed by atoms with Gasteiger partial charge in [0.1, 0.15) is 17.0 Å². The fourth-order valence-electron chi connectivity index (χ4n) is 4.24. The first kappa shape index (κ1) is 24.6. The minimum absolute atomic E-state index is 0.0233. The van der Waals surface area contributed by atoms with E-state index in [2.05, 4.69) is 0 Å². The van der Waals surface area contributed by atoms with Crippen LogP contribution in [0, 0.1) is 5.82 Å². The molecule has 1 aliphatic carbocycles. The monoisotopic (exact) mass is 488 g/mol. The number of piperazine rings is 1. The molecule has 1 saturated heterocycles. The van der Waals surface area contributed by atoms with Crippen molar-refractivity contribution in [3.8, 4) is 0 Å². The lowest BCUT2D eigenvalue weighted by atomic mass is 10.1. The van der Waals surface area contributed by atoms with Crippen molar-refractivity contribution >= 4 is 34.4 Å². The number of rotatable bonds is 5. The van der Waals surface area contributed by atoms with Crippen LogP contribution < -0.4 is 16.1 Å². The minimum atomic E-state index is -1.44. The number of carboxylic acids is 1. The van der Waals surface area contributed by atoms with Crippen LogP contribution in [0.25, 0.3) is 10.9 Å². The molecule has 2 fully saturated rings. The fourth-order valence-corrected chi connectivity index (χ4v) is 4.24. The normalized spacial score (nSPS) is 17.4. The summed E-state index contributed by atoms with van der Waals surface area (Å²) in [5, 5.41) is 9.42. The molecule has 188 valence electrons. The van der Waals surface area contributed by atoms with Crippen LogP contribution in [-0.4, -0.2) is 70.2 Å². The van der Waals surface area contributed by atoms with Crippen molar-refractivity contribution in [2.45, 2.75) is 51.3 Å². The Kier molecular flexibility index (Phi) is 6.31. The molecule has 4 rings (SSSR count). The maximum atomic E-state index is 15.1. The molecule has 1 aromatic carbocycles. The second-order valence-electron chi connectivity index (χ2n) is 9.96. The average Bonchev–Trinajstić information content (AvgIpc) is 3.62. The number of pyridine rings is 1. The van der Waals surface area contributed by atoms with E-state index in [1.165, 1.54) is 11.1 Å². The minimum Gasteiger partial charge on any atom is -0.477 e. The van der Waals surface area contributed by atoms with Gasteiger partial charge in [0, 0.05) is 43.8 Å². The number of aromatic nitrogens is 1. The highest BCUT2D eigenvalue weighted by molar-refractivity contribution is 6.02. The number of hydrogen-bond donors (Lipinski definition) is 2. The van der Waals surface area contributed by atoms with E-state index in [1.54, 1.807) is 36.3 Å². The molecule has 1 unspecified atom stereocenters. The Hall–Kier alpha value is -3.47. The van der Waals surface area contributed by atoms with E-state index >= 15 is 4.39 Å². The number of carboxylic acid groups (broad SMARTS) is 1. The third-order valence-corrected chi connectivity index (χ3v) is 6.13. The van der Waals surface area contributed by atoms with Crippen molar-refractivity contribution in [2.75, 3.05) is 31.1 Å². The van der Waals surface area contributed by atoms with Crippen LogP contribution in [0.1, 0.15) is 50.0 Å². The predicted octanol–water partition coefficient (Wildman–Crippen LogP) is 1.49. The highest BCUT2D eigenvalue weighted by Gasteiger charge is 2.33. The van der Waals surface area contributed by atoms with Gasteiger partial charge in [0.2, 0.25) is 5.43 Å². The predicted molar refractivity (Wildman–Crippen MR) is 126 cm³/mol. The summed E-state index contributed by atoms with van der Waals surface area (Å²) < 4.78 is 22.0. The molecular weight excluding hydrogens is 459 g/mol. The van der Waals surface area contributed by atoms with Gasteiger partial charge >= 0.3 is 11.9 Å². The molecule has 1 aromatic heterocycles. The molecule has 0 radical (unpaired) electrons. The lowest BCUT2D eigenvalue weighted by molar-refractivity contribution is -0.160. The van der Waals surface area contributed by atoms with Gasteiger partial charge < -0.3 is 29.9 Å². The maximum absolute atomic E-state index is 15.1. The van der Waals surface area contributed by atoms with Gasteiger partial charge in [-0.2, -0.15) is 0 Å². The Morgan fingerprint density at radius 3 is 2.31 bits per heavy atom. The van der Waals surface area contributed by atoms with E-state index in [4.69, 9.17) is 10.5 Å². The lowest BCUT2D eigenvalue weighted by Gasteiger charge is -2.37. The summed E-state index contributed by atoms with van der Waals surface area (Å²) in [6.45, 7) is 6.07. The number of benzene rings is 1. The summed E-state index contributed by atoms with van der Waals surface area (Å²) in [5.74, 6) is -3.35. The van der Waals surface area contributed by atoms with Crippen LogP contribution in [0.15, 0.2) is 23.1 Å². The average molecular weight is 489 g/mol. The van der Waals surface area contributed by atoms with E-state index in [9.17, 15) is 24.3 Å². The summed E-state index contributed by atoms with van der Waals surface area (Å²) in [6.07, 6.45) is 3.03. The number of esters is 1. The molecule has 35 heavy (non-hydrogen) atoms. The number of ether oxygens (including phenoxy) is 1. The highest BCUT2D eigenvalue weighted by atomic mass is 19.1. The Bertz CT molecular complexity index is 1260. The second kappa shape index (κ2) is 8.95. The van der Waals surface area contributed by atoms with Gasteiger partial charge in [-0.15, -0.1) is 0 Å². The lowest BCUT2D eigenvalue weighted by Crippen LogP contribution is -2.56. The molecule has 2 aromatic rings. The number of nitrogens with zero attached hydrogens (tertiary/aromatic N) is 3. The number of carbonyl (C=O) groups excluding carboxylic acids is 2. The summed E-state index contributed by atoms with van der Waals surface area (Å²) in [6, 6.07) is 1.29. The molecule has 1 amide bonds. The topological polar surface area (TPSA) is 135 Å². The van der Waals surface area contributed by atoms with Crippen molar-refractivity contribution in [3.63, 3.8) is 0 Å². The molecule has 11 heteroatoms. The van der Waals surface area contributed by atoms with Gasteiger partial charge in [-0.1, -0.05) is 0 Å². The molecule has 1 aliphatic heterocycles. The summed E-state index contributed by atoms with van der Waals surface area (Å²) in [5.41, 5.74) is 4.68. The smallest absolute Gasteiger partial charge is 0.341 e. The van der Waals surface area contributed by atoms with Crippen molar-refractivity contribution < 1.29 is 28.6 Å². The molecular formula is C24H29FN4O6. The molecule has 3 N–H and O–H groups in total. The molecule has 2 aliphatic rings. The van der Waals surface area contributed by atoms with Crippen LogP contribution in [0.5, 0.6) is 0 Å². The number of aromatic carboxylic acids is 1. The van der Waals surface area contributed by atoms with Crippen molar-refractivity contribution in [2.24, 2.45) is 5.73 Å². The van der Waals surface area contributed by atoms with E-state index in [-0.39, 0.29) is 48.9 Å².